The minimum Gasteiger partial charge on any atom is -0.357 e. The lowest BCUT2D eigenvalue weighted by atomic mass is 9.81. The van der Waals surface area contributed by atoms with E-state index in [-0.39, 0.29) is 0 Å². The Labute approximate surface area is 72.2 Å². The van der Waals surface area contributed by atoms with Gasteiger partial charge >= 0.3 is 0 Å². The summed E-state index contributed by atoms with van der Waals surface area (Å²) in [5.74, 6) is 1.44. The van der Waals surface area contributed by atoms with Gasteiger partial charge in [0.05, 0.1) is 0 Å². The van der Waals surface area contributed by atoms with Crippen molar-refractivity contribution in [3.05, 3.63) is 18.0 Å². The van der Waals surface area contributed by atoms with Crippen LogP contribution in [0.15, 0.2) is 12.4 Å². The summed E-state index contributed by atoms with van der Waals surface area (Å²) in [5, 5.41) is 2.91. The van der Waals surface area contributed by atoms with Gasteiger partial charge in [0.2, 0.25) is 5.95 Å². The first kappa shape index (κ1) is 7.53. The summed E-state index contributed by atoms with van der Waals surface area (Å²) < 4.78 is 0. The van der Waals surface area contributed by atoms with E-state index in [2.05, 4.69) is 15.3 Å². The maximum Gasteiger partial charge on any atom is 0.222 e. The van der Waals surface area contributed by atoms with E-state index >= 15 is 0 Å². The first-order valence-electron chi connectivity index (χ1n) is 4.40. The smallest absolute Gasteiger partial charge is 0.222 e. The summed E-state index contributed by atoms with van der Waals surface area (Å²) in [6.07, 6.45) is 7.84. The molecule has 3 nitrogen and oxygen atoms in total. The van der Waals surface area contributed by atoms with Crippen LogP contribution in [0.25, 0.3) is 0 Å². The average molecular weight is 163 g/mol. The normalized spacial score (nSPS) is 17.1. The van der Waals surface area contributed by atoms with E-state index < -0.39 is 0 Å². The van der Waals surface area contributed by atoms with E-state index in [1.807, 2.05) is 19.4 Å². The monoisotopic (exact) mass is 163 g/mol. The summed E-state index contributed by atoms with van der Waals surface area (Å²) in [6, 6.07) is 0. The summed E-state index contributed by atoms with van der Waals surface area (Å²) in [7, 11) is 1.83. The first-order chi connectivity index (χ1) is 5.90. The molecular formula is C9H13N3. The van der Waals surface area contributed by atoms with Gasteiger partial charge < -0.3 is 5.32 Å². The fraction of sp³-hybridized carbons (Fsp3) is 0.556. The van der Waals surface area contributed by atoms with E-state index in [1.54, 1.807) is 0 Å². The fourth-order valence-corrected chi connectivity index (χ4v) is 1.42. The molecular weight excluding hydrogens is 150 g/mol. The van der Waals surface area contributed by atoms with Crippen molar-refractivity contribution in [3.8, 4) is 0 Å². The minimum absolute atomic E-state index is 0.707. The molecule has 1 heterocycles. The Morgan fingerprint density at radius 1 is 1.33 bits per heavy atom. The predicted octanol–water partition coefficient (Wildman–Crippen LogP) is 1.79. The number of hydrogen-bond donors (Lipinski definition) is 1. The molecule has 1 aliphatic carbocycles. The molecule has 1 saturated carbocycles. The largest absolute Gasteiger partial charge is 0.357 e. The molecule has 0 aromatic carbocycles. The molecule has 0 saturated heterocycles. The Hall–Kier alpha value is -1.12. The molecule has 1 aromatic rings. The van der Waals surface area contributed by atoms with Gasteiger partial charge in [-0.05, 0) is 24.3 Å². The third-order valence-electron chi connectivity index (χ3n) is 2.47. The van der Waals surface area contributed by atoms with Crippen molar-refractivity contribution in [2.75, 3.05) is 12.4 Å². The Bertz CT molecular complexity index is 251. The second kappa shape index (κ2) is 3.09. The highest BCUT2D eigenvalue weighted by atomic mass is 15.1. The first-order valence-corrected chi connectivity index (χ1v) is 4.40. The Morgan fingerprint density at radius 3 is 2.42 bits per heavy atom. The highest BCUT2D eigenvalue weighted by Gasteiger charge is 2.19. The van der Waals surface area contributed by atoms with E-state index in [0.717, 1.165) is 5.92 Å². The molecule has 0 amide bonds. The van der Waals surface area contributed by atoms with Crippen molar-refractivity contribution in [1.29, 1.82) is 0 Å². The second-order valence-corrected chi connectivity index (χ2v) is 3.22. The van der Waals surface area contributed by atoms with Crippen LogP contribution in [0.5, 0.6) is 0 Å². The van der Waals surface area contributed by atoms with Gasteiger partial charge in [-0.15, -0.1) is 0 Å². The molecule has 0 atom stereocenters. The molecule has 0 bridgehead atoms. The zero-order chi connectivity index (χ0) is 8.39. The van der Waals surface area contributed by atoms with Crippen LogP contribution in [0.4, 0.5) is 5.95 Å². The fourth-order valence-electron chi connectivity index (χ4n) is 1.42. The molecule has 0 aliphatic heterocycles. The maximum absolute atomic E-state index is 4.18. The third kappa shape index (κ3) is 1.26. The standard InChI is InChI=1S/C9H13N3/c1-10-9-11-5-8(6-12-9)7-3-2-4-7/h5-7H,2-4H2,1H3,(H,10,11,12). The molecule has 1 N–H and O–H groups in total. The summed E-state index contributed by atoms with van der Waals surface area (Å²) >= 11 is 0. The van der Waals surface area contributed by atoms with Crippen LogP contribution in [0, 0.1) is 0 Å². The molecule has 0 spiro atoms. The lowest BCUT2D eigenvalue weighted by Gasteiger charge is -2.24. The van der Waals surface area contributed by atoms with Gasteiger partial charge in [-0.25, -0.2) is 9.97 Å². The Balaban J connectivity index is 2.13. The van der Waals surface area contributed by atoms with Gasteiger partial charge in [0.1, 0.15) is 0 Å². The van der Waals surface area contributed by atoms with Gasteiger partial charge in [-0.1, -0.05) is 6.42 Å². The van der Waals surface area contributed by atoms with Crippen LogP contribution in [-0.4, -0.2) is 17.0 Å². The number of aromatic nitrogens is 2. The predicted molar refractivity (Wildman–Crippen MR) is 48.2 cm³/mol. The lowest BCUT2D eigenvalue weighted by molar-refractivity contribution is 0.418. The zero-order valence-electron chi connectivity index (χ0n) is 7.25. The van der Waals surface area contributed by atoms with Gasteiger partial charge in [-0.2, -0.15) is 0 Å². The van der Waals surface area contributed by atoms with E-state index in [0.29, 0.717) is 5.95 Å². The van der Waals surface area contributed by atoms with Crippen LogP contribution in [0.3, 0.4) is 0 Å². The van der Waals surface area contributed by atoms with E-state index in [1.165, 1.54) is 24.8 Å². The van der Waals surface area contributed by atoms with Crippen molar-refractivity contribution in [2.24, 2.45) is 0 Å². The quantitative estimate of drug-likeness (QED) is 0.722. The number of anilines is 1. The summed E-state index contributed by atoms with van der Waals surface area (Å²) in [4.78, 5) is 8.36. The van der Waals surface area contributed by atoms with Crippen LogP contribution >= 0.6 is 0 Å². The van der Waals surface area contributed by atoms with Crippen molar-refractivity contribution in [2.45, 2.75) is 25.2 Å². The van der Waals surface area contributed by atoms with Crippen molar-refractivity contribution in [1.82, 2.24) is 9.97 Å². The number of nitrogens with one attached hydrogen (secondary N) is 1. The van der Waals surface area contributed by atoms with Gasteiger partial charge in [0, 0.05) is 19.4 Å². The summed E-state index contributed by atoms with van der Waals surface area (Å²) in [6.45, 7) is 0. The molecule has 1 fully saturated rings. The maximum atomic E-state index is 4.18. The van der Waals surface area contributed by atoms with Crippen molar-refractivity contribution < 1.29 is 0 Å². The van der Waals surface area contributed by atoms with E-state index in [9.17, 15) is 0 Å². The van der Waals surface area contributed by atoms with Crippen molar-refractivity contribution >= 4 is 5.95 Å². The van der Waals surface area contributed by atoms with E-state index in [4.69, 9.17) is 0 Å². The third-order valence-corrected chi connectivity index (χ3v) is 2.47. The molecule has 0 radical (unpaired) electrons. The second-order valence-electron chi connectivity index (χ2n) is 3.22. The van der Waals surface area contributed by atoms with Crippen LogP contribution in [-0.2, 0) is 0 Å². The minimum atomic E-state index is 0.707. The molecule has 3 heteroatoms. The van der Waals surface area contributed by atoms with Crippen LogP contribution in [0.2, 0.25) is 0 Å². The van der Waals surface area contributed by atoms with Gasteiger partial charge in [0.15, 0.2) is 0 Å². The average Bonchev–Trinajstić information content (AvgIpc) is 2.03. The number of hydrogen-bond acceptors (Lipinski definition) is 3. The molecule has 1 aliphatic rings. The Kier molecular flexibility index (Phi) is 1.94. The van der Waals surface area contributed by atoms with Gasteiger partial charge in [0.25, 0.3) is 0 Å². The zero-order valence-corrected chi connectivity index (χ0v) is 7.25. The summed E-state index contributed by atoms with van der Waals surface area (Å²) in [5.41, 5.74) is 1.29. The molecule has 64 valence electrons. The molecule has 1 aromatic heterocycles. The highest BCUT2D eigenvalue weighted by Crippen LogP contribution is 2.35. The van der Waals surface area contributed by atoms with Crippen molar-refractivity contribution in [3.63, 3.8) is 0 Å². The Morgan fingerprint density at radius 2 is 2.00 bits per heavy atom. The van der Waals surface area contributed by atoms with Gasteiger partial charge in [-0.3, -0.25) is 0 Å². The van der Waals surface area contributed by atoms with Crippen LogP contribution < -0.4 is 5.32 Å². The number of nitrogens with zero attached hydrogens (tertiary/aromatic N) is 2. The topological polar surface area (TPSA) is 37.8 Å². The molecule has 12 heavy (non-hydrogen) atoms. The number of rotatable bonds is 2. The highest BCUT2D eigenvalue weighted by molar-refractivity contribution is 5.25. The SMILES string of the molecule is CNc1ncc(C2CCC2)cn1. The van der Waals surface area contributed by atoms with Crippen LogP contribution in [0.1, 0.15) is 30.7 Å². The molecule has 2 rings (SSSR count). The molecule has 0 unspecified atom stereocenters. The lowest BCUT2D eigenvalue weighted by Crippen LogP contribution is -2.09.